The molecule has 0 fully saturated rings. The molecule has 266 valence electrons. The van der Waals surface area contributed by atoms with Crippen LogP contribution in [0.1, 0.15) is 43.5 Å². The minimum atomic E-state index is -0.415. The second-order valence-electron chi connectivity index (χ2n) is 12.2. The number of thiazole rings is 2. The summed E-state index contributed by atoms with van der Waals surface area (Å²) in [4.78, 5) is 56.1. The third kappa shape index (κ3) is 6.53. The Labute approximate surface area is 332 Å². The maximum absolute atomic E-state index is 12.3. The summed E-state index contributed by atoms with van der Waals surface area (Å²) in [5, 5.41) is 0. The van der Waals surface area contributed by atoms with Gasteiger partial charge in [0.2, 0.25) is 0 Å². The molecule has 0 N–H and O–H groups in total. The van der Waals surface area contributed by atoms with Crippen LogP contribution in [0.15, 0.2) is 96.2 Å². The predicted octanol–water partition coefficient (Wildman–Crippen LogP) is 9.07. The van der Waals surface area contributed by atoms with E-state index in [1.165, 1.54) is 36.9 Å². The Kier molecular flexibility index (Phi) is 9.68. The number of carbonyl (C=O) groups is 2. The van der Waals surface area contributed by atoms with Crippen LogP contribution in [0.2, 0.25) is 0 Å². The molecule has 0 aliphatic carbocycles. The van der Waals surface area contributed by atoms with E-state index in [0.29, 0.717) is 33.5 Å². The Morgan fingerprint density at radius 2 is 0.855 bits per heavy atom. The molecule has 2 aliphatic heterocycles. The molecule has 13 heteroatoms. The summed E-state index contributed by atoms with van der Waals surface area (Å²) in [5.74, 6) is -0.831. The predicted molar refractivity (Wildman–Crippen MR) is 213 cm³/mol. The van der Waals surface area contributed by atoms with Crippen LogP contribution in [0, 0.1) is 0 Å². The smallest absolute Gasteiger partial charge is 0.657 e. The van der Waals surface area contributed by atoms with Crippen LogP contribution in [0.3, 0.4) is 0 Å². The Hall–Kier alpha value is -6.24. The first-order valence-electron chi connectivity index (χ1n) is 16.7. The average molecular weight is 798 g/mol. The van der Waals surface area contributed by atoms with Gasteiger partial charge in [0.25, 0.3) is 0 Å². The van der Waals surface area contributed by atoms with Gasteiger partial charge in [-0.15, -0.1) is 44.7 Å². The van der Waals surface area contributed by atoms with Gasteiger partial charge < -0.3 is 19.4 Å². The maximum Gasteiger partial charge on any atom is 3.00 e. The Morgan fingerprint density at radius 1 is 0.509 bits per heavy atom. The number of benzene rings is 2. The molecule has 8 bridgehead atoms. The van der Waals surface area contributed by atoms with Crippen LogP contribution in [0.4, 0.5) is 0 Å². The van der Waals surface area contributed by atoms with E-state index >= 15 is 0 Å². The Balaban J connectivity index is 0.00000427. The van der Waals surface area contributed by atoms with E-state index in [2.05, 4.69) is 9.97 Å². The van der Waals surface area contributed by atoms with Gasteiger partial charge in [-0.25, -0.2) is 19.6 Å². The third-order valence-corrected chi connectivity index (χ3v) is 10.7. The molecule has 9 rings (SSSR count). The zero-order valence-electron chi connectivity index (χ0n) is 29.1. The van der Waals surface area contributed by atoms with Gasteiger partial charge in [0, 0.05) is 23.5 Å². The number of hydrogen-bond acceptors (Lipinski definition) is 10. The van der Waals surface area contributed by atoms with Crippen molar-refractivity contribution in [2.24, 2.45) is 0 Å². The van der Waals surface area contributed by atoms with E-state index in [9.17, 15) is 9.59 Å². The maximum atomic E-state index is 12.3. The summed E-state index contributed by atoms with van der Waals surface area (Å²) in [7, 11) is 2.73. The fourth-order valence-electron chi connectivity index (χ4n) is 6.64. The summed E-state index contributed by atoms with van der Waals surface area (Å²) in [6, 6.07) is 22.4. The van der Waals surface area contributed by atoms with Gasteiger partial charge in [0.05, 0.1) is 68.9 Å². The molecule has 55 heavy (non-hydrogen) atoms. The molecule has 0 amide bonds. The third-order valence-electron chi connectivity index (χ3n) is 9.16. The van der Waals surface area contributed by atoms with E-state index in [0.717, 1.165) is 65.6 Å². The van der Waals surface area contributed by atoms with Crippen LogP contribution in [0.25, 0.3) is 89.5 Å². The van der Waals surface area contributed by atoms with Crippen LogP contribution < -0.4 is 9.97 Å². The van der Waals surface area contributed by atoms with Crippen molar-refractivity contribution in [1.82, 2.24) is 29.9 Å². The Morgan fingerprint density at radius 3 is 1.18 bits per heavy atom. The van der Waals surface area contributed by atoms with Gasteiger partial charge in [-0.3, -0.25) is 9.97 Å². The standard InChI is InChI=1S/C42H27N6O4S2.Mn/c1-51-41(49)25-7-3-23(4-8-25)37-27-11-15-31(45-27)39(35-19-43-21-53-35)33-17-13-29(47-33)38(24-5-9-26(10-6-24)42(50)52-2)30-14-18-34(48-30)40(36-20-44-22-54-36)32-16-12-28(37)46-32;/h3-22H,1-2H3,(H-,45,46,47,48,49,50);/q-1;+3/p-1. The molecule has 2 aromatic carbocycles. The first kappa shape index (κ1) is 35.8. The first-order valence-corrected chi connectivity index (χ1v) is 18.5. The van der Waals surface area contributed by atoms with E-state index in [4.69, 9.17) is 29.4 Å². The minimum absolute atomic E-state index is 0. The van der Waals surface area contributed by atoms with Gasteiger partial charge in [0.1, 0.15) is 0 Å². The molecule has 0 atom stereocenters. The van der Waals surface area contributed by atoms with Crippen molar-refractivity contribution in [2.45, 2.75) is 0 Å². The van der Waals surface area contributed by atoms with Gasteiger partial charge in [-0.05, 0) is 70.8 Å². The topological polar surface area (TPSA) is 132 Å². The van der Waals surface area contributed by atoms with Crippen molar-refractivity contribution >= 4 is 81.0 Å². The number of fused-ring (bicyclic) bond motifs is 8. The fraction of sp³-hybridized carbons (Fsp3) is 0.0476. The number of hydrogen-bond donors (Lipinski definition) is 0. The van der Waals surface area contributed by atoms with E-state index in [1.807, 2.05) is 85.2 Å². The molecule has 0 unspecified atom stereocenters. The number of ether oxygens (including phenoxy) is 2. The van der Waals surface area contributed by atoms with Crippen LogP contribution in [-0.4, -0.2) is 46.1 Å². The summed E-state index contributed by atoms with van der Waals surface area (Å²) in [6.07, 6.45) is 11.6. The number of carbonyl (C=O) groups excluding carboxylic acids is 2. The fourth-order valence-corrected chi connectivity index (χ4v) is 8.01. The zero-order valence-corrected chi connectivity index (χ0v) is 31.9. The molecule has 7 aromatic rings. The van der Waals surface area contributed by atoms with Crippen LogP contribution in [0.5, 0.6) is 0 Å². The molecule has 5 aromatic heterocycles. The number of rotatable bonds is 6. The van der Waals surface area contributed by atoms with Crippen molar-refractivity contribution in [2.75, 3.05) is 14.2 Å². The second kappa shape index (κ2) is 14.9. The van der Waals surface area contributed by atoms with Crippen LogP contribution in [-0.2, 0) is 26.5 Å². The molecule has 0 saturated carbocycles. The van der Waals surface area contributed by atoms with E-state index < -0.39 is 11.9 Å². The normalized spacial score (nSPS) is 11.7. The number of aromatic nitrogens is 6. The molecule has 2 aliphatic rings. The van der Waals surface area contributed by atoms with Gasteiger partial charge in [0.15, 0.2) is 0 Å². The van der Waals surface area contributed by atoms with Crippen LogP contribution >= 0.6 is 22.7 Å². The summed E-state index contributed by atoms with van der Waals surface area (Å²) in [5.41, 5.74) is 15.0. The monoisotopic (exact) mass is 797 g/mol. The van der Waals surface area contributed by atoms with E-state index in [-0.39, 0.29) is 17.1 Å². The molecular formula is C42H26MnN6O4S2+. The average Bonchev–Trinajstić information content (AvgIpc) is 4.06. The SMILES string of the molecule is COC(=O)c1ccc(-c2c3nc(c(-c4cncs4)c4ccc([n-]4)c(-c4ccc(C(=O)OC)cc4)c4nc(c(-c5cncs5)c5ccc2[n-]5)C=C4)C=C3)cc1.[Mn+3]. The number of esters is 2. The Bertz CT molecular complexity index is 2630. The first-order chi connectivity index (χ1) is 26.5. The number of nitrogens with zero attached hydrogens (tertiary/aromatic N) is 6. The molecule has 0 saturated heterocycles. The molecule has 10 nitrogen and oxygen atoms in total. The van der Waals surface area contributed by atoms with Gasteiger partial charge in [-0.1, -0.05) is 48.5 Å². The summed E-state index contributed by atoms with van der Waals surface area (Å²) < 4.78 is 9.91. The summed E-state index contributed by atoms with van der Waals surface area (Å²) in [6.45, 7) is 0. The second-order valence-corrected chi connectivity index (χ2v) is 14.0. The van der Waals surface area contributed by atoms with Crippen molar-refractivity contribution in [3.63, 3.8) is 0 Å². The molecular weight excluding hydrogens is 772 g/mol. The van der Waals surface area contributed by atoms with Crippen molar-refractivity contribution < 1.29 is 36.1 Å². The number of methoxy groups -OCH3 is 2. The quantitative estimate of drug-likeness (QED) is 0.119. The largest absolute Gasteiger partial charge is 3.00 e. The summed E-state index contributed by atoms with van der Waals surface area (Å²) >= 11 is 3.01. The van der Waals surface area contributed by atoms with Gasteiger partial charge in [-0.2, -0.15) is 0 Å². The van der Waals surface area contributed by atoms with Gasteiger partial charge >= 0.3 is 29.0 Å². The molecule has 0 radical (unpaired) electrons. The molecule has 0 spiro atoms. The zero-order chi connectivity index (χ0) is 36.8. The van der Waals surface area contributed by atoms with Crippen molar-refractivity contribution in [3.05, 3.63) is 130 Å². The molecule has 7 heterocycles. The van der Waals surface area contributed by atoms with E-state index in [1.54, 1.807) is 35.3 Å². The minimum Gasteiger partial charge on any atom is -0.657 e. The van der Waals surface area contributed by atoms with Crippen molar-refractivity contribution in [1.29, 1.82) is 0 Å². The van der Waals surface area contributed by atoms with Crippen molar-refractivity contribution in [3.8, 4) is 43.1 Å².